The number of nitrogens with one attached hydrogen (secondary N) is 2. The number of hydrogen-bond donors (Lipinski definition) is 2. The third-order valence-corrected chi connectivity index (χ3v) is 4.80. The van der Waals surface area contributed by atoms with Gasteiger partial charge in [0.05, 0.1) is 11.4 Å². The number of ether oxygens (including phenoxy) is 1. The summed E-state index contributed by atoms with van der Waals surface area (Å²) in [5, 5.41) is 5.42. The second-order valence-corrected chi connectivity index (χ2v) is 6.88. The average molecular weight is 399 g/mol. The molecule has 6 nitrogen and oxygen atoms in total. The zero-order valence-corrected chi connectivity index (χ0v) is 16.4. The minimum Gasteiger partial charge on any atom is -0.442 e. The second-order valence-electron chi connectivity index (χ2n) is 6.88. The van der Waals surface area contributed by atoms with E-state index < -0.39 is 24.3 Å². The minimum atomic E-state index is -1.12. The van der Waals surface area contributed by atoms with Crippen LogP contribution in [0.5, 0.6) is 0 Å². The fourth-order valence-corrected chi connectivity index (χ4v) is 3.28. The van der Waals surface area contributed by atoms with Gasteiger partial charge in [0, 0.05) is 11.1 Å². The Balaban J connectivity index is 1.60. The van der Waals surface area contributed by atoms with Gasteiger partial charge in [0.25, 0.3) is 5.91 Å². The fraction of sp³-hybridized carbons (Fsp3) is 0.125. The van der Waals surface area contributed by atoms with Crippen LogP contribution in [0.2, 0.25) is 0 Å². The maximum atomic E-state index is 12.8. The maximum absolute atomic E-state index is 12.8. The first-order valence-electron chi connectivity index (χ1n) is 9.67. The summed E-state index contributed by atoms with van der Waals surface area (Å²) in [5.74, 6) is -0.433. The van der Waals surface area contributed by atoms with Crippen molar-refractivity contribution in [1.29, 1.82) is 0 Å². The van der Waals surface area contributed by atoms with Crippen molar-refractivity contribution in [2.75, 3.05) is 5.32 Å². The fourth-order valence-electron chi connectivity index (χ4n) is 3.28. The molecule has 3 aromatic carbocycles. The first kappa shape index (κ1) is 19.4. The summed E-state index contributed by atoms with van der Waals surface area (Å²) in [7, 11) is 0. The minimum absolute atomic E-state index is 0.433. The molecule has 0 aliphatic carbocycles. The molecular weight excluding hydrogens is 378 g/mol. The lowest BCUT2D eigenvalue weighted by Gasteiger charge is -2.17. The highest BCUT2D eigenvalue weighted by Crippen LogP contribution is 2.24. The molecule has 30 heavy (non-hydrogen) atoms. The van der Waals surface area contributed by atoms with Crippen LogP contribution >= 0.6 is 0 Å². The molecule has 1 aliphatic rings. The van der Waals surface area contributed by atoms with Crippen LogP contribution in [0.15, 0.2) is 89.9 Å². The molecule has 3 aromatic rings. The highest BCUT2D eigenvalue weighted by molar-refractivity contribution is 6.19. The molecule has 0 aromatic heterocycles. The van der Waals surface area contributed by atoms with E-state index in [1.807, 2.05) is 84.9 Å². The molecule has 0 saturated heterocycles. The van der Waals surface area contributed by atoms with Gasteiger partial charge in [0.1, 0.15) is 6.10 Å². The molecule has 4 rings (SSSR count). The number of alkyl carbamates (subject to hydrolysis) is 1. The van der Waals surface area contributed by atoms with Crippen LogP contribution in [-0.4, -0.2) is 23.9 Å². The van der Waals surface area contributed by atoms with E-state index >= 15 is 0 Å². The van der Waals surface area contributed by atoms with Crippen molar-refractivity contribution in [2.24, 2.45) is 4.99 Å². The van der Waals surface area contributed by atoms with E-state index in [4.69, 9.17) is 4.74 Å². The summed E-state index contributed by atoms with van der Waals surface area (Å²) in [6.07, 6.45) is -2.30. The van der Waals surface area contributed by atoms with Gasteiger partial charge < -0.3 is 10.1 Å². The summed E-state index contributed by atoms with van der Waals surface area (Å²) in [4.78, 5) is 29.8. The normalized spacial score (nSPS) is 16.4. The molecule has 0 radical (unpaired) electrons. The van der Waals surface area contributed by atoms with Crippen LogP contribution in [0.25, 0.3) is 0 Å². The number of benzodiazepines with no additional fused rings is 1. The zero-order chi connectivity index (χ0) is 20.9. The zero-order valence-electron chi connectivity index (χ0n) is 16.4. The van der Waals surface area contributed by atoms with E-state index in [1.165, 1.54) is 0 Å². The number of anilines is 1. The number of hydrogen-bond acceptors (Lipinski definition) is 4. The van der Waals surface area contributed by atoms with Crippen LogP contribution in [0.3, 0.4) is 0 Å². The number of para-hydroxylation sites is 1. The van der Waals surface area contributed by atoms with Crippen molar-refractivity contribution in [3.05, 3.63) is 102 Å². The number of rotatable bonds is 4. The third-order valence-electron chi connectivity index (χ3n) is 4.80. The summed E-state index contributed by atoms with van der Waals surface area (Å²) in [5.41, 5.74) is 3.75. The van der Waals surface area contributed by atoms with Crippen molar-refractivity contribution >= 4 is 23.4 Å². The predicted octanol–water partition coefficient (Wildman–Crippen LogP) is 4.29. The van der Waals surface area contributed by atoms with Gasteiger partial charge >= 0.3 is 6.09 Å². The van der Waals surface area contributed by atoms with Crippen molar-refractivity contribution in [2.45, 2.75) is 19.2 Å². The number of aliphatic imine (C=N–C) groups is 1. The largest absolute Gasteiger partial charge is 0.442 e. The summed E-state index contributed by atoms with van der Waals surface area (Å²) < 4.78 is 5.45. The number of carbonyl (C=O) groups is 2. The Kier molecular flexibility index (Phi) is 5.57. The number of carbonyl (C=O) groups excluding carboxylic acids is 2. The lowest BCUT2D eigenvalue weighted by atomic mass is 10.0. The van der Waals surface area contributed by atoms with Gasteiger partial charge in [-0.15, -0.1) is 0 Å². The summed E-state index contributed by atoms with van der Waals surface area (Å²) in [6.45, 7) is 1.77. The molecule has 2 N–H and O–H groups in total. The Hall–Kier alpha value is -3.93. The molecule has 0 unspecified atom stereocenters. The van der Waals surface area contributed by atoms with Crippen molar-refractivity contribution < 1.29 is 14.3 Å². The average Bonchev–Trinajstić information content (AvgIpc) is 2.91. The Morgan fingerprint density at radius 3 is 2.33 bits per heavy atom. The number of amides is 2. The van der Waals surface area contributed by atoms with E-state index in [1.54, 1.807) is 6.92 Å². The monoisotopic (exact) mass is 399 g/mol. The number of fused-ring (bicyclic) bond motifs is 1. The second kappa shape index (κ2) is 8.61. The van der Waals surface area contributed by atoms with Crippen molar-refractivity contribution in [3.63, 3.8) is 0 Å². The highest BCUT2D eigenvalue weighted by atomic mass is 16.6. The molecule has 0 bridgehead atoms. The molecule has 1 aliphatic heterocycles. The molecule has 6 heteroatoms. The maximum Gasteiger partial charge on any atom is 0.409 e. The van der Waals surface area contributed by atoms with E-state index in [2.05, 4.69) is 15.6 Å². The lowest BCUT2D eigenvalue weighted by Crippen LogP contribution is -2.42. The molecule has 150 valence electrons. The Bertz CT molecular complexity index is 1080. The topological polar surface area (TPSA) is 79.8 Å². The van der Waals surface area contributed by atoms with Gasteiger partial charge in [-0.05, 0) is 18.6 Å². The molecule has 2 atom stereocenters. The highest BCUT2D eigenvalue weighted by Gasteiger charge is 2.28. The molecule has 2 amide bonds. The lowest BCUT2D eigenvalue weighted by molar-refractivity contribution is -0.117. The summed E-state index contributed by atoms with van der Waals surface area (Å²) >= 11 is 0. The Morgan fingerprint density at radius 2 is 1.60 bits per heavy atom. The van der Waals surface area contributed by atoms with Crippen LogP contribution in [0.4, 0.5) is 10.5 Å². The van der Waals surface area contributed by atoms with Crippen LogP contribution in [-0.2, 0) is 9.53 Å². The molecule has 0 saturated carbocycles. The molecular formula is C24H21N3O3. The quantitative estimate of drug-likeness (QED) is 0.687. The van der Waals surface area contributed by atoms with Gasteiger partial charge in [0.15, 0.2) is 0 Å². The van der Waals surface area contributed by atoms with Gasteiger partial charge in [-0.1, -0.05) is 78.9 Å². The van der Waals surface area contributed by atoms with Crippen molar-refractivity contribution in [1.82, 2.24) is 5.32 Å². The van der Waals surface area contributed by atoms with E-state index in [9.17, 15) is 9.59 Å². The number of benzene rings is 3. The van der Waals surface area contributed by atoms with Gasteiger partial charge in [-0.25, -0.2) is 9.79 Å². The van der Waals surface area contributed by atoms with Crippen LogP contribution in [0.1, 0.15) is 29.7 Å². The van der Waals surface area contributed by atoms with Crippen molar-refractivity contribution in [3.8, 4) is 0 Å². The standard InChI is InChI=1S/C24H21N3O3/c1-16(17-10-4-2-5-11-17)30-24(29)27-22-23(28)25-20-15-9-8-14-19(20)21(26-22)18-12-6-3-7-13-18/h2-16,22H,1H3,(H,25,28)(H,27,29)/t16-,22-/m1/s1. The Morgan fingerprint density at radius 1 is 0.967 bits per heavy atom. The van der Waals surface area contributed by atoms with Gasteiger partial charge in [-0.2, -0.15) is 0 Å². The summed E-state index contributed by atoms with van der Waals surface area (Å²) in [6, 6.07) is 26.4. The van der Waals surface area contributed by atoms with E-state index in [-0.39, 0.29) is 0 Å². The van der Waals surface area contributed by atoms with Gasteiger partial charge in [-0.3, -0.25) is 10.1 Å². The predicted molar refractivity (Wildman–Crippen MR) is 115 cm³/mol. The smallest absolute Gasteiger partial charge is 0.409 e. The molecule has 1 heterocycles. The van der Waals surface area contributed by atoms with Crippen LogP contribution in [0, 0.1) is 0 Å². The molecule has 0 spiro atoms. The first-order valence-corrected chi connectivity index (χ1v) is 9.67. The van der Waals surface area contributed by atoms with Crippen LogP contribution < -0.4 is 10.6 Å². The van der Waals surface area contributed by atoms with E-state index in [0.29, 0.717) is 11.4 Å². The Labute approximate surface area is 174 Å². The SMILES string of the molecule is C[C@@H](OC(=O)N[C@H]1N=C(c2ccccc2)c2ccccc2NC1=O)c1ccccc1. The van der Waals surface area contributed by atoms with Gasteiger partial charge in [0.2, 0.25) is 6.17 Å². The first-order chi connectivity index (χ1) is 14.6. The number of nitrogens with zero attached hydrogens (tertiary/aromatic N) is 1. The third kappa shape index (κ3) is 4.22. The van der Waals surface area contributed by atoms with E-state index in [0.717, 1.165) is 16.7 Å². The molecule has 0 fully saturated rings.